The third-order valence-electron chi connectivity index (χ3n) is 3.27. The van der Waals surface area contributed by atoms with Crippen LogP contribution in [0.1, 0.15) is 18.3 Å². The van der Waals surface area contributed by atoms with Crippen LogP contribution in [0.5, 0.6) is 5.75 Å². The van der Waals surface area contributed by atoms with E-state index in [0.29, 0.717) is 18.0 Å². The van der Waals surface area contributed by atoms with Crippen LogP contribution in [0.25, 0.3) is 22.7 Å². The molecule has 22 heavy (non-hydrogen) atoms. The Balaban J connectivity index is 1.94. The first kappa shape index (κ1) is 13.9. The quantitative estimate of drug-likeness (QED) is 0.738. The zero-order valence-corrected chi connectivity index (χ0v) is 12.2. The number of aromatic amines is 1. The number of benzene rings is 2. The second kappa shape index (κ2) is 6.15. The molecule has 2 aromatic carbocycles. The monoisotopic (exact) mass is 289 g/mol. The maximum Gasteiger partial charge on any atom is 0.149 e. The van der Waals surface area contributed by atoms with E-state index in [2.05, 4.69) is 16.0 Å². The largest absolute Gasteiger partial charge is 0.494 e. The maximum atomic E-state index is 9.40. The van der Waals surface area contributed by atoms with E-state index in [4.69, 9.17) is 4.74 Å². The number of H-pyrrole nitrogens is 1. The van der Waals surface area contributed by atoms with E-state index in [1.807, 2.05) is 61.5 Å². The molecule has 1 heterocycles. The molecule has 0 aliphatic rings. The second-order valence-electron chi connectivity index (χ2n) is 4.77. The lowest BCUT2D eigenvalue weighted by Crippen LogP contribution is -1.90. The molecule has 0 atom stereocenters. The second-order valence-corrected chi connectivity index (χ2v) is 4.77. The van der Waals surface area contributed by atoms with Gasteiger partial charge in [0.05, 0.1) is 23.2 Å². The predicted molar refractivity (Wildman–Crippen MR) is 87.2 cm³/mol. The number of nitriles is 1. The Morgan fingerprint density at radius 3 is 2.68 bits per heavy atom. The van der Waals surface area contributed by atoms with Crippen molar-refractivity contribution in [1.29, 1.82) is 5.26 Å². The summed E-state index contributed by atoms with van der Waals surface area (Å²) in [6.45, 7) is 2.58. The van der Waals surface area contributed by atoms with Crippen LogP contribution < -0.4 is 4.74 Å². The van der Waals surface area contributed by atoms with Gasteiger partial charge in [-0.25, -0.2) is 4.98 Å². The Labute approximate surface area is 128 Å². The molecule has 0 bridgehead atoms. The molecule has 0 aliphatic carbocycles. The standard InChI is InChI=1S/C18H15N3O/c1-2-22-15-9-7-13(8-10-15)11-14(12-19)18-20-16-5-3-4-6-17(16)21-18/h3-11H,2H2,1H3,(H,20,21). The molecule has 0 amide bonds. The van der Waals surface area contributed by atoms with Gasteiger partial charge in [-0.1, -0.05) is 24.3 Å². The van der Waals surface area contributed by atoms with Crippen molar-refractivity contribution in [3.05, 3.63) is 59.9 Å². The summed E-state index contributed by atoms with van der Waals surface area (Å²) in [6.07, 6.45) is 1.81. The summed E-state index contributed by atoms with van der Waals surface area (Å²) in [6, 6.07) is 17.6. The summed E-state index contributed by atoms with van der Waals surface area (Å²) >= 11 is 0. The highest BCUT2D eigenvalue weighted by Crippen LogP contribution is 2.20. The molecule has 0 spiro atoms. The minimum absolute atomic E-state index is 0.500. The summed E-state index contributed by atoms with van der Waals surface area (Å²) < 4.78 is 5.41. The van der Waals surface area contributed by atoms with E-state index >= 15 is 0 Å². The Hall–Kier alpha value is -3.06. The van der Waals surface area contributed by atoms with Crippen LogP contribution in [0.15, 0.2) is 48.5 Å². The van der Waals surface area contributed by atoms with E-state index < -0.39 is 0 Å². The zero-order chi connectivity index (χ0) is 15.4. The topological polar surface area (TPSA) is 61.7 Å². The van der Waals surface area contributed by atoms with Crippen molar-refractivity contribution in [3.8, 4) is 11.8 Å². The molecule has 0 aliphatic heterocycles. The molecular weight excluding hydrogens is 274 g/mol. The highest BCUT2D eigenvalue weighted by Gasteiger charge is 2.07. The van der Waals surface area contributed by atoms with Gasteiger partial charge in [-0.05, 0) is 42.8 Å². The van der Waals surface area contributed by atoms with Crippen LogP contribution in [0, 0.1) is 11.3 Å². The van der Waals surface area contributed by atoms with Crippen molar-refractivity contribution in [1.82, 2.24) is 9.97 Å². The average Bonchev–Trinajstić information content (AvgIpc) is 2.98. The van der Waals surface area contributed by atoms with Gasteiger partial charge in [0.2, 0.25) is 0 Å². The molecule has 4 nitrogen and oxygen atoms in total. The van der Waals surface area contributed by atoms with Crippen molar-refractivity contribution in [2.45, 2.75) is 6.92 Å². The summed E-state index contributed by atoms with van der Waals surface area (Å²) in [7, 11) is 0. The average molecular weight is 289 g/mol. The Bertz CT molecular complexity index is 821. The number of hydrogen-bond donors (Lipinski definition) is 1. The Morgan fingerprint density at radius 1 is 1.23 bits per heavy atom. The zero-order valence-electron chi connectivity index (χ0n) is 12.2. The van der Waals surface area contributed by atoms with Crippen LogP contribution in [0.2, 0.25) is 0 Å². The number of nitrogens with one attached hydrogen (secondary N) is 1. The number of hydrogen-bond acceptors (Lipinski definition) is 3. The normalized spacial score (nSPS) is 11.4. The van der Waals surface area contributed by atoms with Gasteiger partial charge in [-0.15, -0.1) is 0 Å². The Kier molecular flexibility index (Phi) is 3.88. The fraction of sp³-hybridized carbons (Fsp3) is 0.111. The fourth-order valence-corrected chi connectivity index (χ4v) is 2.23. The number of fused-ring (bicyclic) bond motifs is 1. The number of allylic oxidation sites excluding steroid dienone is 1. The summed E-state index contributed by atoms with van der Waals surface area (Å²) in [5.41, 5.74) is 3.21. The van der Waals surface area contributed by atoms with Gasteiger partial charge in [-0.3, -0.25) is 0 Å². The molecule has 0 unspecified atom stereocenters. The molecule has 0 fully saturated rings. The van der Waals surface area contributed by atoms with Crippen LogP contribution in [-0.4, -0.2) is 16.6 Å². The summed E-state index contributed by atoms with van der Waals surface area (Å²) in [4.78, 5) is 7.63. The summed E-state index contributed by atoms with van der Waals surface area (Å²) in [5.74, 6) is 1.40. The number of para-hydroxylation sites is 2. The molecule has 1 aromatic heterocycles. The number of ether oxygens (including phenoxy) is 1. The van der Waals surface area contributed by atoms with Crippen LogP contribution in [-0.2, 0) is 0 Å². The highest BCUT2D eigenvalue weighted by molar-refractivity contribution is 5.90. The van der Waals surface area contributed by atoms with Crippen molar-refractivity contribution < 1.29 is 4.74 Å². The van der Waals surface area contributed by atoms with E-state index in [-0.39, 0.29) is 0 Å². The Morgan fingerprint density at radius 2 is 2.00 bits per heavy atom. The smallest absolute Gasteiger partial charge is 0.149 e. The highest BCUT2D eigenvalue weighted by atomic mass is 16.5. The van der Waals surface area contributed by atoms with Crippen molar-refractivity contribution in [2.75, 3.05) is 6.61 Å². The number of aromatic nitrogens is 2. The van der Waals surface area contributed by atoms with E-state index in [1.54, 1.807) is 0 Å². The molecular formula is C18H15N3O. The number of nitrogens with zero attached hydrogens (tertiary/aromatic N) is 2. The van der Waals surface area contributed by atoms with E-state index in [1.165, 1.54) is 0 Å². The molecule has 0 saturated carbocycles. The van der Waals surface area contributed by atoms with Gasteiger partial charge in [0, 0.05) is 0 Å². The minimum atomic E-state index is 0.500. The molecule has 3 aromatic rings. The first-order valence-corrected chi connectivity index (χ1v) is 7.10. The maximum absolute atomic E-state index is 9.40. The third kappa shape index (κ3) is 2.84. The van der Waals surface area contributed by atoms with Gasteiger partial charge >= 0.3 is 0 Å². The number of imidazole rings is 1. The van der Waals surface area contributed by atoms with Gasteiger partial charge in [0.1, 0.15) is 17.6 Å². The van der Waals surface area contributed by atoms with Gasteiger partial charge in [0.25, 0.3) is 0 Å². The van der Waals surface area contributed by atoms with Crippen molar-refractivity contribution >= 4 is 22.7 Å². The molecule has 3 rings (SSSR count). The van der Waals surface area contributed by atoms with Crippen LogP contribution in [0.4, 0.5) is 0 Å². The first-order valence-electron chi connectivity index (χ1n) is 7.10. The lowest BCUT2D eigenvalue weighted by Gasteiger charge is -2.02. The van der Waals surface area contributed by atoms with Crippen LogP contribution in [0.3, 0.4) is 0 Å². The lowest BCUT2D eigenvalue weighted by molar-refractivity contribution is 0.340. The predicted octanol–water partition coefficient (Wildman–Crippen LogP) is 4.03. The van der Waals surface area contributed by atoms with Crippen LogP contribution >= 0.6 is 0 Å². The first-order chi connectivity index (χ1) is 10.8. The van der Waals surface area contributed by atoms with Crippen molar-refractivity contribution in [2.24, 2.45) is 0 Å². The van der Waals surface area contributed by atoms with Gasteiger partial charge in [-0.2, -0.15) is 5.26 Å². The molecule has 0 radical (unpaired) electrons. The fourth-order valence-electron chi connectivity index (χ4n) is 2.23. The van der Waals surface area contributed by atoms with Crippen molar-refractivity contribution in [3.63, 3.8) is 0 Å². The SMILES string of the molecule is CCOc1ccc(C=C(C#N)c2nc3ccccc3[nH]2)cc1. The molecule has 4 heteroatoms. The summed E-state index contributed by atoms with van der Waals surface area (Å²) in [5, 5.41) is 9.40. The van der Waals surface area contributed by atoms with Gasteiger partial charge in [0.15, 0.2) is 0 Å². The van der Waals surface area contributed by atoms with E-state index in [0.717, 1.165) is 22.3 Å². The minimum Gasteiger partial charge on any atom is -0.494 e. The third-order valence-corrected chi connectivity index (χ3v) is 3.27. The lowest BCUT2D eigenvalue weighted by atomic mass is 10.1. The molecule has 1 N–H and O–H groups in total. The number of rotatable bonds is 4. The van der Waals surface area contributed by atoms with E-state index in [9.17, 15) is 5.26 Å². The molecule has 0 saturated heterocycles. The van der Waals surface area contributed by atoms with Gasteiger partial charge < -0.3 is 9.72 Å². The molecule has 108 valence electrons.